The fraction of sp³-hybridized carbons (Fsp3) is 1.00. The third-order valence-corrected chi connectivity index (χ3v) is 5.05. The van der Waals surface area contributed by atoms with Crippen molar-refractivity contribution in [2.24, 2.45) is 0 Å². The summed E-state index contributed by atoms with van der Waals surface area (Å²) in [5.41, 5.74) is 0. The van der Waals surface area contributed by atoms with Crippen LogP contribution in [0.2, 0.25) is 0 Å². The Balaban J connectivity index is -0.000000980. The summed E-state index contributed by atoms with van der Waals surface area (Å²) >= 11 is 0. The van der Waals surface area contributed by atoms with Crippen molar-refractivity contribution >= 4 is 31.3 Å². The predicted octanol–water partition coefficient (Wildman–Crippen LogP) is -17.9. The third kappa shape index (κ3) is 18.4. The molecule has 0 saturated heterocycles. The van der Waals surface area contributed by atoms with Crippen molar-refractivity contribution in [3.63, 3.8) is 0 Å². The largest absolute Gasteiger partial charge is 1.00 e. The van der Waals surface area contributed by atoms with Gasteiger partial charge in [0.05, 0.1) is 0 Å². The second-order valence-electron chi connectivity index (χ2n) is 5.14. The van der Waals surface area contributed by atoms with Gasteiger partial charge in [-0.1, -0.05) is 0 Å². The van der Waals surface area contributed by atoms with Crippen LogP contribution in [0.1, 0.15) is 0 Å². The van der Waals surface area contributed by atoms with E-state index in [1.165, 1.54) is 0 Å². The molecule has 32 heavy (non-hydrogen) atoms. The van der Waals surface area contributed by atoms with Crippen molar-refractivity contribution in [3.8, 4) is 0 Å². The van der Waals surface area contributed by atoms with Gasteiger partial charge in [0.25, 0.3) is 31.3 Å². The normalized spacial score (nSPS) is 34.9. The molecule has 168 valence electrons. The molecule has 0 bridgehead atoms. The molecule has 0 aromatic rings. The molecular formula is C6H12K4O18P4. The monoisotopic (exact) mass is 652 g/mol. The summed E-state index contributed by atoms with van der Waals surface area (Å²) in [5, 5.41) is 19.9. The zero-order valence-corrected chi connectivity index (χ0v) is 32.9. The Labute approximate surface area is 350 Å². The van der Waals surface area contributed by atoms with Gasteiger partial charge < -0.3 is 67.5 Å². The molecule has 1 fully saturated rings. The van der Waals surface area contributed by atoms with E-state index in [4.69, 9.17) is 19.6 Å². The molecule has 1 rings (SSSR count). The fourth-order valence-electron chi connectivity index (χ4n) is 2.26. The third-order valence-electron chi connectivity index (χ3n) is 3.01. The Morgan fingerprint density at radius 1 is 0.469 bits per heavy atom. The van der Waals surface area contributed by atoms with Gasteiger partial charge in [-0.25, -0.2) is 0 Å². The maximum Gasteiger partial charge on any atom is 1.00 e. The number of phosphoric acid groups is 4. The molecular weight excluding hydrogens is 640 g/mol. The SMILES string of the molecule is O=P([O-])(O)OC1[C@H](O)[C@H](OP(=O)([O-])O)C(OP(=O)([O-])O)[C@H](OP(=O)([O-])O)[C@H]1O.[K+].[K+].[K+].[K+]. The summed E-state index contributed by atoms with van der Waals surface area (Å²) in [7, 11) is -23.6. The smallest absolute Gasteiger partial charge is 0.756 e. The van der Waals surface area contributed by atoms with Crippen molar-refractivity contribution in [3.05, 3.63) is 0 Å². The summed E-state index contributed by atoms with van der Waals surface area (Å²) in [6.45, 7) is 0. The van der Waals surface area contributed by atoms with Crippen LogP contribution >= 0.6 is 31.3 Å². The Morgan fingerprint density at radius 3 is 0.875 bits per heavy atom. The molecule has 0 aromatic heterocycles. The average molecular weight is 652 g/mol. The van der Waals surface area contributed by atoms with E-state index >= 15 is 0 Å². The maximum absolute atomic E-state index is 10.9. The Morgan fingerprint density at radius 2 is 0.656 bits per heavy atom. The number of hydrogen-bond donors (Lipinski definition) is 6. The molecule has 1 aliphatic rings. The van der Waals surface area contributed by atoms with Crippen molar-refractivity contribution in [1.29, 1.82) is 0 Å². The van der Waals surface area contributed by atoms with E-state index < -0.39 is 67.9 Å². The van der Waals surface area contributed by atoms with Gasteiger partial charge in [-0.15, -0.1) is 0 Å². The molecule has 1 aliphatic carbocycles. The molecule has 0 aromatic carbocycles. The summed E-state index contributed by atoms with van der Waals surface area (Å²) < 4.78 is 59.2. The summed E-state index contributed by atoms with van der Waals surface area (Å²) in [6.07, 6.45) is -16.7. The molecule has 0 aliphatic heterocycles. The van der Waals surface area contributed by atoms with E-state index in [9.17, 15) is 48.0 Å². The summed E-state index contributed by atoms with van der Waals surface area (Å²) in [6, 6.07) is 0. The van der Waals surface area contributed by atoms with Crippen molar-refractivity contribution in [2.75, 3.05) is 0 Å². The zero-order chi connectivity index (χ0) is 22.3. The molecule has 0 spiro atoms. The van der Waals surface area contributed by atoms with Crippen LogP contribution in [0.15, 0.2) is 0 Å². The molecule has 6 unspecified atom stereocenters. The van der Waals surface area contributed by atoms with Crippen molar-refractivity contribution < 1.29 is 291 Å². The van der Waals surface area contributed by atoms with Gasteiger partial charge in [-0.2, -0.15) is 0 Å². The van der Waals surface area contributed by atoms with Gasteiger partial charge in [0.15, 0.2) is 0 Å². The van der Waals surface area contributed by atoms with E-state index in [1.54, 1.807) is 0 Å². The first kappa shape index (κ1) is 45.9. The van der Waals surface area contributed by atoms with Crippen molar-refractivity contribution in [1.82, 2.24) is 0 Å². The zero-order valence-electron chi connectivity index (χ0n) is 16.8. The summed E-state index contributed by atoms with van der Waals surface area (Å²) in [5.74, 6) is 0. The molecule has 1 saturated carbocycles. The Kier molecular flexibility index (Phi) is 26.4. The van der Waals surface area contributed by atoms with E-state index in [0.29, 0.717) is 0 Å². The Hall–Kier alpha value is 6.91. The average Bonchev–Trinajstić information content (AvgIpc) is 2.39. The summed E-state index contributed by atoms with van der Waals surface area (Å²) in [4.78, 5) is 78.5. The molecule has 0 amide bonds. The van der Waals surface area contributed by atoms with Crippen LogP contribution in [0.5, 0.6) is 0 Å². The molecule has 0 radical (unpaired) electrons. The van der Waals surface area contributed by atoms with Crippen LogP contribution in [0.25, 0.3) is 0 Å². The van der Waals surface area contributed by atoms with Gasteiger partial charge in [0, 0.05) is 0 Å². The van der Waals surface area contributed by atoms with Crippen LogP contribution in [0, 0.1) is 0 Å². The van der Waals surface area contributed by atoms with Gasteiger partial charge in [0.1, 0.15) is 36.6 Å². The number of aliphatic hydroxyl groups is 2. The van der Waals surface area contributed by atoms with Crippen molar-refractivity contribution in [2.45, 2.75) is 36.6 Å². The first-order valence-corrected chi connectivity index (χ1v) is 12.4. The van der Waals surface area contributed by atoms with Crippen LogP contribution in [0.4, 0.5) is 0 Å². The minimum Gasteiger partial charge on any atom is -0.756 e. The first-order valence-electron chi connectivity index (χ1n) is 6.45. The molecule has 18 nitrogen and oxygen atoms in total. The van der Waals surface area contributed by atoms with Crippen LogP contribution in [-0.2, 0) is 36.4 Å². The van der Waals surface area contributed by atoms with Crippen LogP contribution in [-0.4, -0.2) is 66.4 Å². The minimum atomic E-state index is -5.94. The second kappa shape index (κ2) is 18.4. The van der Waals surface area contributed by atoms with Crippen LogP contribution < -0.4 is 225 Å². The number of rotatable bonds is 8. The van der Waals surface area contributed by atoms with E-state index in [-0.39, 0.29) is 206 Å². The molecule has 6 N–H and O–H groups in total. The van der Waals surface area contributed by atoms with E-state index in [2.05, 4.69) is 18.1 Å². The molecule has 26 heteroatoms. The van der Waals surface area contributed by atoms with Gasteiger partial charge in [-0.05, 0) is 0 Å². The fourth-order valence-corrected chi connectivity index (χ4v) is 4.47. The van der Waals surface area contributed by atoms with Gasteiger partial charge >= 0.3 is 206 Å². The minimum absolute atomic E-state index is 0. The Bertz CT molecular complexity index is 706. The van der Waals surface area contributed by atoms with Crippen LogP contribution in [0.3, 0.4) is 0 Å². The maximum atomic E-state index is 10.9. The topological polar surface area (TPSA) is 319 Å². The first-order chi connectivity index (χ1) is 12.2. The molecule has 10 atom stereocenters. The quantitative estimate of drug-likeness (QED) is 0.105. The van der Waals surface area contributed by atoms with E-state index in [0.717, 1.165) is 0 Å². The predicted molar refractivity (Wildman–Crippen MR) is 70.8 cm³/mol. The van der Waals surface area contributed by atoms with Gasteiger partial charge in [0.2, 0.25) is 0 Å². The number of phosphoric ester groups is 4. The van der Waals surface area contributed by atoms with Gasteiger partial charge in [-0.3, -0.25) is 18.3 Å². The van der Waals surface area contributed by atoms with E-state index in [1.807, 2.05) is 0 Å². The number of hydrogen-bond acceptors (Lipinski definition) is 14. The molecule has 0 heterocycles. The second-order valence-corrected chi connectivity index (χ2v) is 9.73. The number of aliphatic hydroxyl groups excluding tert-OH is 2. The standard InChI is InChI=1S/C6H16O18P4.4K/c7-1-3(21-25(9,10)11)2(8)5(23-27(15,16)17)6(24-28(18,19)20)4(1)22-26(12,13)14;;;;/h1-8H,(H2,9,10,11)(H2,12,13,14)(H2,15,16,17)(H2,18,19,20);;;;/q;4*+1/p-4/t1-,2-,3?,4-,5+,6?;;;;/m0..../s1.